The van der Waals surface area contributed by atoms with Gasteiger partial charge in [0.2, 0.25) is 0 Å². The molecule has 0 aromatic heterocycles. The first-order chi connectivity index (χ1) is 8.03. The molecule has 1 aromatic carbocycles. The number of hydrogen-bond acceptors (Lipinski definition) is 4. The van der Waals surface area contributed by atoms with Crippen molar-refractivity contribution in [2.75, 3.05) is 0 Å². The first-order valence-electron chi connectivity index (χ1n) is 5.48. The zero-order chi connectivity index (χ0) is 12.5. The average Bonchev–Trinajstić information content (AvgIpc) is 2.23. The second-order valence-electron chi connectivity index (χ2n) is 4.25. The SMILES string of the molecule is CC(=O)OC1(c2cccc([N+](=O)[O-])c2)CCC1. The third kappa shape index (κ3) is 2.13. The van der Waals surface area contributed by atoms with Crippen molar-refractivity contribution in [2.45, 2.75) is 31.8 Å². The first kappa shape index (κ1) is 11.6. The largest absolute Gasteiger partial charge is 0.454 e. The Morgan fingerprint density at radius 3 is 2.65 bits per heavy atom. The highest BCUT2D eigenvalue weighted by molar-refractivity contribution is 5.67. The Morgan fingerprint density at radius 1 is 1.47 bits per heavy atom. The molecule has 0 atom stereocenters. The van der Waals surface area contributed by atoms with Crippen LogP contribution >= 0.6 is 0 Å². The normalized spacial score (nSPS) is 17.0. The molecule has 0 aliphatic heterocycles. The second-order valence-corrected chi connectivity index (χ2v) is 4.25. The van der Waals surface area contributed by atoms with Crippen molar-refractivity contribution in [3.63, 3.8) is 0 Å². The van der Waals surface area contributed by atoms with E-state index in [1.54, 1.807) is 12.1 Å². The van der Waals surface area contributed by atoms with E-state index in [2.05, 4.69) is 0 Å². The lowest BCUT2D eigenvalue weighted by Gasteiger charge is -2.41. The van der Waals surface area contributed by atoms with Crippen molar-refractivity contribution in [3.8, 4) is 0 Å². The standard InChI is InChI=1S/C12H13NO4/c1-9(14)17-12(6-3-7-12)10-4-2-5-11(8-10)13(15)16/h2,4-5,8H,3,6-7H2,1H3. The van der Waals surface area contributed by atoms with Crippen LogP contribution in [-0.4, -0.2) is 10.9 Å². The number of nitro groups is 1. The van der Waals surface area contributed by atoms with Gasteiger partial charge in [0.25, 0.3) is 5.69 Å². The molecule has 0 unspecified atom stereocenters. The van der Waals surface area contributed by atoms with Crippen molar-refractivity contribution >= 4 is 11.7 Å². The van der Waals surface area contributed by atoms with Crippen LogP contribution in [0.1, 0.15) is 31.7 Å². The fourth-order valence-electron chi connectivity index (χ4n) is 2.13. The van der Waals surface area contributed by atoms with Gasteiger partial charge in [0.05, 0.1) is 4.92 Å². The van der Waals surface area contributed by atoms with Gasteiger partial charge in [-0.1, -0.05) is 12.1 Å². The molecule has 1 aliphatic carbocycles. The highest BCUT2D eigenvalue weighted by Gasteiger charge is 2.42. The van der Waals surface area contributed by atoms with Gasteiger partial charge in [0.15, 0.2) is 0 Å². The van der Waals surface area contributed by atoms with Crippen LogP contribution in [0.3, 0.4) is 0 Å². The van der Waals surface area contributed by atoms with Crippen molar-refractivity contribution in [2.24, 2.45) is 0 Å². The van der Waals surface area contributed by atoms with Crippen LogP contribution in [0.5, 0.6) is 0 Å². The van der Waals surface area contributed by atoms with Crippen LogP contribution in [0.25, 0.3) is 0 Å². The van der Waals surface area contributed by atoms with Gasteiger partial charge in [0.1, 0.15) is 5.60 Å². The van der Waals surface area contributed by atoms with Crippen LogP contribution in [0.4, 0.5) is 5.69 Å². The Bertz CT molecular complexity index is 465. The van der Waals surface area contributed by atoms with Gasteiger partial charge in [-0.2, -0.15) is 0 Å². The fourth-order valence-corrected chi connectivity index (χ4v) is 2.13. The predicted molar refractivity (Wildman–Crippen MR) is 60.4 cm³/mol. The van der Waals surface area contributed by atoms with Crippen LogP contribution in [0, 0.1) is 10.1 Å². The summed E-state index contributed by atoms with van der Waals surface area (Å²) in [6, 6.07) is 6.32. The van der Waals surface area contributed by atoms with E-state index in [1.165, 1.54) is 19.1 Å². The second kappa shape index (κ2) is 4.16. The minimum absolute atomic E-state index is 0.0286. The fraction of sp³-hybridized carbons (Fsp3) is 0.417. The maximum Gasteiger partial charge on any atom is 0.303 e. The molecular weight excluding hydrogens is 222 g/mol. The van der Waals surface area contributed by atoms with E-state index in [-0.39, 0.29) is 11.7 Å². The molecule has 0 amide bonds. The van der Waals surface area contributed by atoms with Crippen LogP contribution in [0.15, 0.2) is 24.3 Å². The van der Waals surface area contributed by atoms with E-state index in [4.69, 9.17) is 4.74 Å². The monoisotopic (exact) mass is 235 g/mol. The molecule has 1 fully saturated rings. The molecule has 0 radical (unpaired) electrons. The maximum absolute atomic E-state index is 11.1. The minimum atomic E-state index is -0.641. The summed E-state index contributed by atoms with van der Waals surface area (Å²) in [4.78, 5) is 21.4. The summed E-state index contributed by atoms with van der Waals surface area (Å²) in [7, 11) is 0. The Balaban J connectivity index is 2.34. The van der Waals surface area contributed by atoms with Gasteiger partial charge in [-0.15, -0.1) is 0 Å². The van der Waals surface area contributed by atoms with E-state index >= 15 is 0 Å². The van der Waals surface area contributed by atoms with Crippen molar-refractivity contribution in [1.29, 1.82) is 0 Å². The lowest BCUT2D eigenvalue weighted by Crippen LogP contribution is -2.38. The molecular formula is C12H13NO4. The van der Waals surface area contributed by atoms with Gasteiger partial charge in [-0.25, -0.2) is 0 Å². The molecule has 1 aliphatic rings. The molecule has 90 valence electrons. The topological polar surface area (TPSA) is 69.4 Å². The predicted octanol–water partition coefficient (Wildman–Crippen LogP) is 2.54. The number of nitrogens with zero attached hydrogens (tertiary/aromatic N) is 1. The summed E-state index contributed by atoms with van der Waals surface area (Å²) >= 11 is 0. The Hall–Kier alpha value is -1.91. The quantitative estimate of drug-likeness (QED) is 0.458. The van der Waals surface area contributed by atoms with Gasteiger partial charge in [-0.05, 0) is 19.3 Å². The molecule has 1 saturated carbocycles. The molecule has 0 bridgehead atoms. The lowest BCUT2D eigenvalue weighted by molar-refractivity contribution is -0.385. The molecule has 1 aromatic rings. The number of rotatable bonds is 3. The highest BCUT2D eigenvalue weighted by Crippen LogP contribution is 2.45. The maximum atomic E-state index is 11.1. The van der Waals surface area contributed by atoms with Crippen molar-refractivity contribution in [1.82, 2.24) is 0 Å². The number of benzene rings is 1. The van der Waals surface area contributed by atoms with Gasteiger partial charge in [-0.3, -0.25) is 14.9 Å². The van der Waals surface area contributed by atoms with Crippen molar-refractivity contribution < 1.29 is 14.5 Å². The molecule has 5 nitrogen and oxygen atoms in total. The first-order valence-corrected chi connectivity index (χ1v) is 5.48. The van der Waals surface area contributed by atoms with Gasteiger partial charge >= 0.3 is 5.97 Å². The van der Waals surface area contributed by atoms with E-state index in [0.717, 1.165) is 19.3 Å². The number of esters is 1. The van der Waals surface area contributed by atoms with E-state index in [0.29, 0.717) is 5.56 Å². The molecule has 0 N–H and O–H groups in total. The number of nitro benzene ring substituents is 1. The number of ether oxygens (including phenoxy) is 1. The van der Waals surface area contributed by atoms with E-state index in [9.17, 15) is 14.9 Å². The van der Waals surface area contributed by atoms with Crippen molar-refractivity contribution in [3.05, 3.63) is 39.9 Å². The molecule has 17 heavy (non-hydrogen) atoms. The lowest BCUT2D eigenvalue weighted by atomic mass is 9.74. The number of carbonyl (C=O) groups is 1. The van der Waals surface area contributed by atoms with Crippen LogP contribution in [0.2, 0.25) is 0 Å². The summed E-state index contributed by atoms with van der Waals surface area (Å²) in [5.41, 5.74) is 0.103. The Labute approximate surface area is 98.5 Å². The molecule has 5 heteroatoms. The third-order valence-electron chi connectivity index (χ3n) is 3.08. The van der Waals surface area contributed by atoms with E-state index in [1.807, 2.05) is 0 Å². The molecule has 2 rings (SSSR count). The summed E-state index contributed by atoms with van der Waals surface area (Å²) < 4.78 is 5.33. The summed E-state index contributed by atoms with van der Waals surface area (Å²) in [6.45, 7) is 1.36. The number of hydrogen-bond donors (Lipinski definition) is 0. The third-order valence-corrected chi connectivity index (χ3v) is 3.08. The zero-order valence-electron chi connectivity index (χ0n) is 9.51. The average molecular weight is 235 g/mol. The highest BCUT2D eigenvalue weighted by atomic mass is 16.6. The summed E-state index contributed by atoms with van der Waals surface area (Å²) in [5, 5.41) is 10.7. The Morgan fingerprint density at radius 2 is 2.18 bits per heavy atom. The van der Waals surface area contributed by atoms with E-state index < -0.39 is 10.5 Å². The van der Waals surface area contributed by atoms with Gasteiger partial charge < -0.3 is 4.74 Å². The number of non-ortho nitro benzene ring substituents is 1. The van der Waals surface area contributed by atoms with Gasteiger partial charge in [0, 0.05) is 24.6 Å². The van der Waals surface area contributed by atoms with Crippen LogP contribution in [-0.2, 0) is 15.1 Å². The Kier molecular flexibility index (Phi) is 2.83. The molecule has 0 saturated heterocycles. The molecule has 0 spiro atoms. The summed E-state index contributed by atoms with van der Waals surface area (Å²) in [5.74, 6) is -0.351. The summed E-state index contributed by atoms with van der Waals surface area (Å²) in [6.07, 6.45) is 2.43. The van der Waals surface area contributed by atoms with Crippen LogP contribution < -0.4 is 0 Å². The number of carbonyl (C=O) groups excluding carboxylic acids is 1. The molecule has 0 heterocycles. The minimum Gasteiger partial charge on any atom is -0.454 e. The smallest absolute Gasteiger partial charge is 0.303 e. The zero-order valence-corrected chi connectivity index (χ0v) is 9.51.